The van der Waals surface area contributed by atoms with E-state index >= 15 is 0 Å². The van der Waals surface area contributed by atoms with E-state index < -0.39 is 28.1 Å². The number of aromatic amines is 1. The summed E-state index contributed by atoms with van der Waals surface area (Å²) in [5.74, 6) is 1.10. The molecule has 2 N–H and O–H groups in total. The van der Waals surface area contributed by atoms with E-state index in [9.17, 15) is 18.0 Å². The topological polar surface area (TPSA) is 109 Å². The summed E-state index contributed by atoms with van der Waals surface area (Å²) in [4.78, 5) is 32.0. The number of H-pyrrole nitrogens is 1. The number of nitrogens with one attached hydrogen (secondary N) is 2. The molecule has 0 unspecified atom stereocenters. The number of carbonyl (C=O) groups is 2. The lowest BCUT2D eigenvalue weighted by Gasteiger charge is -2.56. The number of fused-ring (bicyclic) bond motifs is 3. The molecular formula is C33H36ClN3O5S. The quantitative estimate of drug-likeness (QED) is 0.213. The zero-order chi connectivity index (χ0) is 29.9. The number of halogens is 1. The number of sulfonamides is 1. The van der Waals surface area contributed by atoms with Crippen molar-refractivity contribution < 1.29 is 22.7 Å². The van der Waals surface area contributed by atoms with Gasteiger partial charge in [0.1, 0.15) is 6.04 Å². The van der Waals surface area contributed by atoms with E-state index in [1.54, 1.807) is 30.3 Å². The van der Waals surface area contributed by atoms with Gasteiger partial charge in [0.25, 0.3) is 0 Å². The van der Waals surface area contributed by atoms with E-state index in [2.05, 4.69) is 9.71 Å². The van der Waals surface area contributed by atoms with Crippen LogP contribution in [0.2, 0.25) is 0 Å². The number of methoxy groups -OCH3 is 1. The highest BCUT2D eigenvalue weighted by molar-refractivity contribution is 7.89. The van der Waals surface area contributed by atoms with Crippen LogP contribution in [0.1, 0.15) is 61.4 Å². The van der Waals surface area contributed by atoms with Crippen molar-refractivity contribution in [2.45, 2.75) is 67.5 Å². The largest absolute Gasteiger partial charge is 0.467 e. The number of amides is 1. The first-order valence-electron chi connectivity index (χ1n) is 15.1. The lowest BCUT2D eigenvalue weighted by Crippen LogP contribution is -2.59. The van der Waals surface area contributed by atoms with E-state index in [4.69, 9.17) is 16.3 Å². The normalized spacial score (nSPS) is 29.7. The van der Waals surface area contributed by atoms with Crippen LogP contribution in [0.3, 0.4) is 0 Å². The third-order valence-electron chi connectivity index (χ3n) is 10.1. The molecule has 8 rings (SSSR count). The molecule has 3 aromatic rings. The Balaban J connectivity index is 1.27. The van der Waals surface area contributed by atoms with Gasteiger partial charge in [0.15, 0.2) is 0 Å². The number of esters is 1. The molecule has 0 radical (unpaired) electrons. The Morgan fingerprint density at radius 2 is 1.70 bits per heavy atom. The fraction of sp³-hybridized carbons (Fsp3) is 0.455. The molecule has 10 heteroatoms. The van der Waals surface area contributed by atoms with Gasteiger partial charge >= 0.3 is 5.97 Å². The van der Waals surface area contributed by atoms with Gasteiger partial charge in [-0.05, 0) is 85.6 Å². The molecule has 5 aliphatic rings. The maximum Gasteiger partial charge on any atom is 0.328 e. The first-order chi connectivity index (χ1) is 20.7. The number of para-hydroxylation sites is 1. The molecule has 2 aromatic carbocycles. The van der Waals surface area contributed by atoms with Gasteiger partial charge in [-0.25, -0.2) is 17.9 Å². The van der Waals surface area contributed by atoms with Gasteiger partial charge in [0.2, 0.25) is 15.9 Å². The number of nitrogens with zero attached hydrogens (tertiary/aromatic N) is 1. The van der Waals surface area contributed by atoms with Gasteiger partial charge in [-0.2, -0.15) is 0 Å². The summed E-state index contributed by atoms with van der Waals surface area (Å²) in [5, 5.41) is 0.971. The van der Waals surface area contributed by atoms with E-state index in [0.717, 1.165) is 41.4 Å². The van der Waals surface area contributed by atoms with Crippen LogP contribution in [0.4, 0.5) is 0 Å². The second kappa shape index (κ2) is 10.8. The molecule has 1 amide bonds. The predicted octanol–water partition coefficient (Wildman–Crippen LogP) is 5.23. The second-order valence-corrected chi connectivity index (χ2v) is 14.9. The van der Waals surface area contributed by atoms with Gasteiger partial charge in [-0.3, -0.25) is 4.79 Å². The highest BCUT2D eigenvalue weighted by Crippen LogP contribution is 2.56. The zero-order valence-corrected chi connectivity index (χ0v) is 25.7. The van der Waals surface area contributed by atoms with Crippen LogP contribution in [0.25, 0.3) is 10.9 Å². The third kappa shape index (κ3) is 4.99. The summed E-state index contributed by atoms with van der Waals surface area (Å²) < 4.78 is 35.8. The molecule has 0 saturated heterocycles. The smallest absolute Gasteiger partial charge is 0.328 e. The van der Waals surface area contributed by atoms with Crippen molar-refractivity contribution in [1.82, 2.24) is 14.6 Å². The summed E-state index contributed by atoms with van der Waals surface area (Å²) in [5.41, 5.74) is 2.95. The Bertz CT molecular complexity index is 1680. The Morgan fingerprint density at radius 1 is 1.05 bits per heavy atom. The third-order valence-corrected chi connectivity index (χ3v) is 11.9. The minimum atomic E-state index is -3.76. The van der Waals surface area contributed by atoms with Gasteiger partial charge in [-0.1, -0.05) is 36.4 Å². The molecule has 4 fully saturated rings. The Morgan fingerprint density at radius 3 is 2.33 bits per heavy atom. The highest BCUT2D eigenvalue weighted by atomic mass is 35.5. The maximum absolute atomic E-state index is 13.7. The fourth-order valence-corrected chi connectivity index (χ4v) is 10.4. The molecular weight excluding hydrogens is 586 g/mol. The number of hydrogen-bond donors (Lipinski definition) is 2. The zero-order valence-electron chi connectivity index (χ0n) is 24.1. The minimum Gasteiger partial charge on any atom is -0.467 e. The van der Waals surface area contributed by atoms with Crippen molar-refractivity contribution >= 4 is 44.4 Å². The molecule has 0 spiro atoms. The van der Waals surface area contributed by atoms with Crippen molar-refractivity contribution in [2.24, 2.45) is 17.8 Å². The van der Waals surface area contributed by atoms with E-state index in [0.29, 0.717) is 23.3 Å². The van der Waals surface area contributed by atoms with E-state index in [1.807, 2.05) is 24.3 Å². The summed E-state index contributed by atoms with van der Waals surface area (Å²) in [6, 6.07) is 13.0. The predicted molar refractivity (Wildman–Crippen MR) is 164 cm³/mol. The summed E-state index contributed by atoms with van der Waals surface area (Å²) in [7, 11) is -2.44. The minimum absolute atomic E-state index is 0.147. The van der Waals surface area contributed by atoms with Crippen LogP contribution in [0.5, 0.6) is 0 Å². The molecule has 2 heterocycles. The number of aromatic nitrogens is 1. The monoisotopic (exact) mass is 621 g/mol. The lowest BCUT2D eigenvalue weighted by atomic mass is 9.53. The van der Waals surface area contributed by atoms with Crippen LogP contribution in [-0.2, 0) is 30.8 Å². The lowest BCUT2D eigenvalue weighted by molar-refractivity contribution is -0.153. The summed E-state index contributed by atoms with van der Waals surface area (Å²) in [6.45, 7) is 0. The molecule has 1 aromatic heterocycles. The van der Waals surface area contributed by atoms with Crippen molar-refractivity contribution in [2.75, 3.05) is 13.0 Å². The van der Waals surface area contributed by atoms with Crippen molar-refractivity contribution in [3.8, 4) is 0 Å². The standard InChI is InChI=1S/C33H36ClN3O5S/c1-42-32(39)28-16-26-25-5-2-3-6-27(25)35-30(26)31(37(28)29(38)7-4-12-34)23-8-10-24(11-9-23)43(40,41)36-33-17-20-13-21(18-33)15-22(14-20)19-33/h2-11,20-22,28,31,35-36H,12-19H2,1H3/b7-4+/t20-,21+,22-,28-,31+,33-/m1/s1. The summed E-state index contributed by atoms with van der Waals surface area (Å²) in [6.07, 6.45) is 9.65. The van der Waals surface area contributed by atoms with Crippen LogP contribution < -0.4 is 4.72 Å². The maximum atomic E-state index is 13.7. The number of benzene rings is 2. The van der Waals surface area contributed by atoms with Crippen molar-refractivity contribution in [3.05, 3.63) is 77.5 Å². The van der Waals surface area contributed by atoms with Crippen molar-refractivity contribution in [3.63, 3.8) is 0 Å². The van der Waals surface area contributed by atoms with Gasteiger partial charge < -0.3 is 14.6 Å². The van der Waals surface area contributed by atoms with Crippen LogP contribution >= 0.6 is 11.6 Å². The van der Waals surface area contributed by atoms with Crippen LogP contribution in [0, 0.1) is 17.8 Å². The van der Waals surface area contributed by atoms with Gasteiger partial charge in [0.05, 0.1) is 18.0 Å². The number of carbonyl (C=O) groups excluding carboxylic acids is 2. The molecule has 2 atom stereocenters. The molecule has 4 aliphatic carbocycles. The average molecular weight is 622 g/mol. The molecule has 226 valence electrons. The molecule has 4 saturated carbocycles. The van der Waals surface area contributed by atoms with Gasteiger partial charge in [-0.15, -0.1) is 11.6 Å². The van der Waals surface area contributed by atoms with Crippen molar-refractivity contribution in [1.29, 1.82) is 0 Å². The van der Waals surface area contributed by atoms with Crippen LogP contribution in [0.15, 0.2) is 65.6 Å². The Hall–Kier alpha value is -3.14. The number of hydrogen-bond acceptors (Lipinski definition) is 5. The number of rotatable bonds is 7. The van der Waals surface area contributed by atoms with Crippen LogP contribution in [-0.4, -0.2) is 54.7 Å². The Kier molecular flexibility index (Phi) is 7.18. The first-order valence-corrected chi connectivity index (χ1v) is 17.1. The van der Waals surface area contributed by atoms with Gasteiger partial charge in [0, 0.05) is 40.5 Å². The number of allylic oxidation sites excluding steroid dienone is 1. The number of alkyl halides is 1. The summed E-state index contributed by atoms with van der Waals surface area (Å²) >= 11 is 5.85. The SMILES string of the molecule is COC(=O)[C@H]1Cc2c([nH]c3ccccc23)[C@H](c2ccc(S(=O)(=O)N[C@]34C[C@H]5C[C@H](C[C@H](C5)C3)C4)cc2)N1C(=O)/C=C/CCl. The first kappa shape index (κ1) is 28.6. The molecule has 43 heavy (non-hydrogen) atoms. The number of ether oxygens (including phenoxy) is 1. The molecule has 4 bridgehead atoms. The molecule has 1 aliphatic heterocycles. The Labute approximate surface area is 256 Å². The van der Waals surface area contributed by atoms with E-state index in [-0.39, 0.29) is 28.6 Å². The van der Waals surface area contributed by atoms with E-state index in [1.165, 1.54) is 37.3 Å². The fourth-order valence-electron chi connectivity index (χ4n) is 8.87. The average Bonchev–Trinajstić information content (AvgIpc) is 3.35. The molecule has 8 nitrogen and oxygen atoms in total. The second-order valence-electron chi connectivity index (χ2n) is 12.9. The highest BCUT2D eigenvalue weighted by Gasteiger charge is 2.52.